The van der Waals surface area contributed by atoms with E-state index in [9.17, 15) is 0 Å². The lowest BCUT2D eigenvalue weighted by molar-refractivity contribution is 0.259. The molecule has 0 heteroatoms. The first-order valence-corrected chi connectivity index (χ1v) is 13.0. The van der Waals surface area contributed by atoms with Gasteiger partial charge in [-0.15, -0.1) is 0 Å². The van der Waals surface area contributed by atoms with Crippen LogP contribution in [0.15, 0.2) is 84.0 Å². The van der Waals surface area contributed by atoms with Crippen LogP contribution in [0.25, 0.3) is 5.57 Å². The Morgan fingerprint density at radius 1 is 0.788 bits per heavy atom. The number of hydrogen-bond acceptors (Lipinski definition) is 0. The van der Waals surface area contributed by atoms with E-state index in [4.69, 9.17) is 0 Å². The predicted molar refractivity (Wildman–Crippen MR) is 142 cm³/mol. The van der Waals surface area contributed by atoms with Gasteiger partial charge in [-0.1, -0.05) is 86.7 Å². The molecule has 5 rings (SSSR count). The topological polar surface area (TPSA) is 0 Å². The maximum Gasteiger partial charge on any atom is 0.0281 e. The molecule has 1 saturated carbocycles. The van der Waals surface area contributed by atoms with Crippen molar-refractivity contribution in [1.82, 2.24) is 0 Å². The third-order valence-electron chi connectivity index (χ3n) is 8.48. The number of benzene rings is 2. The quantitative estimate of drug-likeness (QED) is 0.440. The molecule has 0 saturated heterocycles. The summed E-state index contributed by atoms with van der Waals surface area (Å²) < 4.78 is 0. The number of rotatable bonds is 5. The first-order chi connectivity index (χ1) is 16.0. The second-order valence-electron chi connectivity index (χ2n) is 10.9. The molecule has 0 spiro atoms. The van der Waals surface area contributed by atoms with Crippen LogP contribution in [0, 0.1) is 31.6 Å². The molecule has 0 amide bonds. The maximum atomic E-state index is 2.41. The summed E-state index contributed by atoms with van der Waals surface area (Å²) in [5, 5.41) is 0. The summed E-state index contributed by atoms with van der Waals surface area (Å²) in [6.07, 6.45) is 18.2. The molecule has 1 unspecified atom stereocenters. The molecule has 3 aliphatic rings. The van der Waals surface area contributed by atoms with Crippen molar-refractivity contribution in [1.29, 1.82) is 0 Å². The summed E-state index contributed by atoms with van der Waals surface area (Å²) in [4.78, 5) is 0. The smallest absolute Gasteiger partial charge is 0.0281 e. The predicted octanol–water partition coefficient (Wildman–Crippen LogP) is 8.91. The van der Waals surface area contributed by atoms with Crippen molar-refractivity contribution >= 4 is 5.57 Å². The van der Waals surface area contributed by atoms with Crippen molar-refractivity contribution in [3.05, 3.63) is 112 Å². The van der Waals surface area contributed by atoms with Crippen LogP contribution in [-0.4, -0.2) is 0 Å². The van der Waals surface area contributed by atoms with Crippen LogP contribution < -0.4 is 0 Å². The first-order valence-electron chi connectivity index (χ1n) is 13.0. The molecular weight excluding hydrogens is 396 g/mol. The highest BCUT2D eigenvalue weighted by Gasteiger charge is 2.27. The average molecular weight is 435 g/mol. The Hall–Kier alpha value is -2.60. The van der Waals surface area contributed by atoms with Gasteiger partial charge in [-0.3, -0.25) is 0 Å². The fraction of sp³-hybridized carbons (Fsp3) is 0.394. The molecule has 1 atom stereocenters. The van der Waals surface area contributed by atoms with Crippen molar-refractivity contribution in [3.8, 4) is 0 Å². The van der Waals surface area contributed by atoms with Crippen molar-refractivity contribution in [2.45, 2.75) is 65.7 Å². The molecule has 0 radical (unpaired) electrons. The molecular formula is C33H38. The minimum absolute atomic E-state index is 0.391. The summed E-state index contributed by atoms with van der Waals surface area (Å²) in [5.41, 5.74) is 11.4. The van der Waals surface area contributed by atoms with E-state index in [2.05, 4.69) is 101 Å². The average Bonchev–Trinajstić information content (AvgIpc) is 3.32. The fourth-order valence-electron chi connectivity index (χ4n) is 6.05. The van der Waals surface area contributed by atoms with E-state index < -0.39 is 0 Å². The minimum Gasteiger partial charge on any atom is -0.0726 e. The molecule has 0 bridgehead atoms. The largest absolute Gasteiger partial charge is 0.0726 e. The molecule has 33 heavy (non-hydrogen) atoms. The van der Waals surface area contributed by atoms with Crippen LogP contribution >= 0.6 is 0 Å². The molecule has 0 heterocycles. The van der Waals surface area contributed by atoms with Crippen molar-refractivity contribution in [2.24, 2.45) is 17.8 Å². The van der Waals surface area contributed by atoms with E-state index in [1.807, 2.05) is 0 Å². The Kier molecular flexibility index (Phi) is 6.28. The fourth-order valence-corrected chi connectivity index (χ4v) is 6.05. The molecule has 0 nitrogen and oxygen atoms in total. The van der Waals surface area contributed by atoms with Gasteiger partial charge in [0.1, 0.15) is 0 Å². The summed E-state index contributed by atoms with van der Waals surface area (Å²) in [6.45, 7) is 9.18. The molecule has 1 fully saturated rings. The Morgan fingerprint density at radius 2 is 1.55 bits per heavy atom. The number of allylic oxidation sites excluding steroid dienone is 8. The van der Waals surface area contributed by atoms with Gasteiger partial charge < -0.3 is 0 Å². The van der Waals surface area contributed by atoms with Crippen LogP contribution in [-0.2, 0) is 6.42 Å². The normalized spacial score (nSPS) is 24.4. The zero-order valence-corrected chi connectivity index (χ0v) is 20.8. The molecule has 0 aromatic heterocycles. The third kappa shape index (κ3) is 4.58. The van der Waals surface area contributed by atoms with Gasteiger partial charge >= 0.3 is 0 Å². The number of hydrogen-bond donors (Lipinski definition) is 0. The van der Waals surface area contributed by atoms with Gasteiger partial charge in [-0.05, 0) is 108 Å². The molecule has 0 aliphatic heterocycles. The Morgan fingerprint density at radius 3 is 2.24 bits per heavy atom. The molecule has 2 aromatic carbocycles. The van der Waals surface area contributed by atoms with Crippen LogP contribution in [0.3, 0.4) is 0 Å². The van der Waals surface area contributed by atoms with Crippen LogP contribution in [0.5, 0.6) is 0 Å². The Labute approximate surface area is 200 Å². The zero-order valence-electron chi connectivity index (χ0n) is 20.8. The second kappa shape index (κ2) is 9.34. The van der Waals surface area contributed by atoms with Crippen LogP contribution in [0.2, 0.25) is 0 Å². The summed E-state index contributed by atoms with van der Waals surface area (Å²) >= 11 is 0. The van der Waals surface area contributed by atoms with Gasteiger partial charge in [-0.25, -0.2) is 0 Å². The number of aryl methyl sites for hydroxylation is 2. The maximum absolute atomic E-state index is 2.41. The zero-order chi connectivity index (χ0) is 22.9. The molecule has 2 aromatic rings. The van der Waals surface area contributed by atoms with Gasteiger partial charge in [0.15, 0.2) is 0 Å². The van der Waals surface area contributed by atoms with Crippen molar-refractivity contribution in [2.75, 3.05) is 0 Å². The summed E-state index contributed by atoms with van der Waals surface area (Å²) in [6, 6.07) is 16.5. The number of fused-ring (bicyclic) bond motifs is 1. The lowest BCUT2D eigenvalue weighted by atomic mass is 9.74. The third-order valence-corrected chi connectivity index (χ3v) is 8.48. The highest BCUT2D eigenvalue weighted by molar-refractivity contribution is 5.79. The second-order valence-corrected chi connectivity index (χ2v) is 10.9. The van der Waals surface area contributed by atoms with E-state index in [1.165, 1.54) is 64.7 Å². The SMILES string of the molecule is Cc1ccc(C2=CC=C(Cc3ccc(C4CCC(C(C)C)CC4)cc3)C3=CC=CC32)cc1C. The van der Waals surface area contributed by atoms with E-state index >= 15 is 0 Å². The van der Waals surface area contributed by atoms with Gasteiger partial charge in [0.05, 0.1) is 0 Å². The van der Waals surface area contributed by atoms with Crippen molar-refractivity contribution < 1.29 is 0 Å². The molecule has 3 aliphatic carbocycles. The van der Waals surface area contributed by atoms with E-state index in [0.717, 1.165) is 24.2 Å². The molecule has 0 N–H and O–H groups in total. The first kappa shape index (κ1) is 22.2. The highest BCUT2D eigenvalue weighted by atomic mass is 14.3. The van der Waals surface area contributed by atoms with E-state index in [1.54, 1.807) is 5.56 Å². The lowest BCUT2D eigenvalue weighted by Crippen LogP contribution is -2.17. The van der Waals surface area contributed by atoms with Gasteiger partial charge in [0.25, 0.3) is 0 Å². The summed E-state index contributed by atoms with van der Waals surface area (Å²) in [7, 11) is 0. The minimum atomic E-state index is 0.391. The monoisotopic (exact) mass is 434 g/mol. The lowest BCUT2D eigenvalue weighted by Gasteiger charge is -2.31. The van der Waals surface area contributed by atoms with Crippen molar-refractivity contribution in [3.63, 3.8) is 0 Å². The Bertz CT molecular complexity index is 1130. The van der Waals surface area contributed by atoms with Gasteiger partial charge in [0.2, 0.25) is 0 Å². The van der Waals surface area contributed by atoms with Gasteiger partial charge in [0, 0.05) is 5.92 Å². The van der Waals surface area contributed by atoms with E-state index in [0.29, 0.717) is 5.92 Å². The van der Waals surface area contributed by atoms with Crippen LogP contribution in [0.4, 0.5) is 0 Å². The van der Waals surface area contributed by atoms with Gasteiger partial charge in [-0.2, -0.15) is 0 Å². The standard InChI is InChI=1S/C33H38/c1-22(2)26-14-16-28(17-15-26)27-12-9-25(10-13-27)21-30-18-19-32(33-7-5-6-31(30)33)29-11-8-23(3)24(4)20-29/h5-13,18-20,22,26,28,33H,14-17,21H2,1-4H3. The molecule has 170 valence electrons. The Balaban J connectivity index is 1.31. The van der Waals surface area contributed by atoms with E-state index in [-0.39, 0.29) is 0 Å². The highest BCUT2D eigenvalue weighted by Crippen LogP contribution is 2.42. The van der Waals surface area contributed by atoms with Crippen LogP contribution in [0.1, 0.15) is 73.3 Å². The summed E-state index contributed by atoms with van der Waals surface area (Å²) in [5.74, 6) is 2.92.